The van der Waals surface area contributed by atoms with Crippen molar-refractivity contribution in [2.75, 3.05) is 18.0 Å². The van der Waals surface area contributed by atoms with E-state index in [0.717, 1.165) is 35.3 Å². The fraction of sp³-hybridized carbons (Fsp3) is 0.300. The summed E-state index contributed by atoms with van der Waals surface area (Å²) in [5.41, 5.74) is 1.70. The second-order valence-electron chi connectivity index (χ2n) is 6.82. The minimum absolute atomic E-state index is 0.217. The summed E-state index contributed by atoms with van der Waals surface area (Å²) in [6.07, 6.45) is 2.20. The van der Waals surface area contributed by atoms with E-state index in [1.807, 2.05) is 35.7 Å². The molecule has 1 fully saturated rings. The number of halogens is 1. The standard InChI is InChI=1S/C20H19BrN2O2S/c1-13-5-3-9-22(12-13)18-17(16-8-4-10-26-16)19(24)23(20(18)25)15-7-2-6-14(21)11-15/h2,4,6-8,10-11,13H,3,5,9,12H2,1H3. The lowest BCUT2D eigenvalue weighted by Gasteiger charge is -2.33. The average Bonchev–Trinajstić information content (AvgIpc) is 3.21. The Hall–Kier alpha value is -1.92. The summed E-state index contributed by atoms with van der Waals surface area (Å²) in [5, 5.41) is 1.94. The number of imide groups is 1. The van der Waals surface area contributed by atoms with Gasteiger partial charge in [0.1, 0.15) is 5.70 Å². The van der Waals surface area contributed by atoms with Crippen LogP contribution in [0, 0.1) is 5.92 Å². The van der Waals surface area contributed by atoms with E-state index >= 15 is 0 Å². The lowest BCUT2D eigenvalue weighted by atomic mass is 9.99. The molecule has 0 aliphatic carbocycles. The number of likely N-dealkylation sites (tertiary alicyclic amines) is 1. The first-order valence-corrected chi connectivity index (χ1v) is 10.4. The minimum atomic E-state index is -0.233. The Balaban J connectivity index is 1.81. The molecule has 2 aliphatic heterocycles. The van der Waals surface area contributed by atoms with Crippen LogP contribution >= 0.6 is 27.3 Å². The number of nitrogens with zero attached hydrogens (tertiary/aromatic N) is 2. The molecule has 3 heterocycles. The number of carbonyl (C=O) groups excluding carboxylic acids is 2. The molecule has 0 bridgehead atoms. The van der Waals surface area contributed by atoms with Crippen molar-refractivity contribution < 1.29 is 9.59 Å². The van der Waals surface area contributed by atoms with Gasteiger partial charge in [0.25, 0.3) is 11.8 Å². The second kappa shape index (κ2) is 7.00. The van der Waals surface area contributed by atoms with Crippen LogP contribution in [0.5, 0.6) is 0 Å². The van der Waals surface area contributed by atoms with Crippen molar-refractivity contribution in [3.63, 3.8) is 0 Å². The van der Waals surface area contributed by atoms with E-state index < -0.39 is 0 Å². The molecule has 2 amide bonds. The molecule has 0 N–H and O–H groups in total. The molecular formula is C20H19BrN2O2S. The highest BCUT2D eigenvalue weighted by Crippen LogP contribution is 2.38. The van der Waals surface area contributed by atoms with Crippen LogP contribution in [0.25, 0.3) is 5.57 Å². The molecule has 2 aliphatic rings. The Morgan fingerprint density at radius 3 is 2.69 bits per heavy atom. The van der Waals surface area contributed by atoms with Gasteiger partial charge < -0.3 is 4.90 Å². The molecule has 4 nitrogen and oxygen atoms in total. The van der Waals surface area contributed by atoms with Crippen molar-refractivity contribution >= 4 is 50.3 Å². The zero-order valence-corrected chi connectivity index (χ0v) is 16.8. The van der Waals surface area contributed by atoms with E-state index in [1.165, 1.54) is 16.2 Å². The van der Waals surface area contributed by atoms with E-state index in [2.05, 4.69) is 27.8 Å². The Bertz CT molecular complexity index is 891. The van der Waals surface area contributed by atoms with Crippen LogP contribution in [0.2, 0.25) is 0 Å². The Morgan fingerprint density at radius 2 is 2.00 bits per heavy atom. The highest BCUT2D eigenvalue weighted by molar-refractivity contribution is 9.10. The summed E-state index contributed by atoms with van der Waals surface area (Å²) in [6.45, 7) is 3.83. The fourth-order valence-electron chi connectivity index (χ4n) is 3.70. The van der Waals surface area contributed by atoms with Crippen LogP contribution in [0.1, 0.15) is 24.6 Å². The Kier molecular flexibility index (Phi) is 4.71. The molecule has 1 saturated heterocycles. The predicted octanol–water partition coefficient (Wildman–Crippen LogP) is 4.53. The van der Waals surface area contributed by atoms with Crippen molar-refractivity contribution in [3.05, 3.63) is 56.8 Å². The molecule has 6 heteroatoms. The van der Waals surface area contributed by atoms with Crippen LogP contribution in [-0.4, -0.2) is 29.8 Å². The first kappa shape index (κ1) is 17.5. The Morgan fingerprint density at radius 1 is 1.15 bits per heavy atom. The van der Waals surface area contributed by atoms with Crippen LogP contribution in [0.4, 0.5) is 5.69 Å². The summed E-state index contributed by atoms with van der Waals surface area (Å²) in [4.78, 5) is 30.9. The van der Waals surface area contributed by atoms with Crippen LogP contribution in [0.15, 0.2) is 51.9 Å². The van der Waals surface area contributed by atoms with Gasteiger partial charge in [-0.25, -0.2) is 4.90 Å². The first-order chi connectivity index (χ1) is 12.6. The molecule has 4 rings (SSSR count). The van der Waals surface area contributed by atoms with E-state index in [4.69, 9.17) is 0 Å². The van der Waals surface area contributed by atoms with E-state index in [0.29, 0.717) is 22.9 Å². The highest BCUT2D eigenvalue weighted by Gasteiger charge is 2.43. The molecular weight excluding hydrogens is 412 g/mol. The van der Waals surface area contributed by atoms with Crippen molar-refractivity contribution in [1.82, 2.24) is 4.90 Å². The molecule has 0 radical (unpaired) electrons. The third-order valence-electron chi connectivity index (χ3n) is 4.87. The lowest BCUT2D eigenvalue weighted by molar-refractivity contribution is -0.120. The summed E-state index contributed by atoms with van der Waals surface area (Å²) in [7, 11) is 0. The fourth-order valence-corrected chi connectivity index (χ4v) is 4.85. The summed E-state index contributed by atoms with van der Waals surface area (Å²) in [6, 6.07) is 11.2. The maximum Gasteiger partial charge on any atom is 0.282 e. The van der Waals surface area contributed by atoms with Gasteiger partial charge in [-0.15, -0.1) is 11.3 Å². The largest absolute Gasteiger partial charge is 0.366 e. The normalized spacial score (nSPS) is 21.1. The second-order valence-corrected chi connectivity index (χ2v) is 8.68. The van der Waals surface area contributed by atoms with Gasteiger partial charge >= 0.3 is 0 Å². The predicted molar refractivity (Wildman–Crippen MR) is 108 cm³/mol. The van der Waals surface area contributed by atoms with Gasteiger partial charge in [-0.1, -0.05) is 35.0 Å². The summed E-state index contributed by atoms with van der Waals surface area (Å²) >= 11 is 4.93. The number of amides is 2. The molecule has 0 saturated carbocycles. The monoisotopic (exact) mass is 430 g/mol. The maximum atomic E-state index is 13.3. The molecule has 134 valence electrons. The van der Waals surface area contributed by atoms with Crippen LogP contribution in [-0.2, 0) is 9.59 Å². The minimum Gasteiger partial charge on any atom is -0.366 e. The number of anilines is 1. The number of hydrogen-bond donors (Lipinski definition) is 0. The van der Waals surface area contributed by atoms with Crippen molar-refractivity contribution in [2.45, 2.75) is 19.8 Å². The van der Waals surface area contributed by atoms with Gasteiger partial charge in [0.05, 0.1) is 11.3 Å². The van der Waals surface area contributed by atoms with Crippen LogP contribution in [0.3, 0.4) is 0 Å². The van der Waals surface area contributed by atoms with Crippen LogP contribution < -0.4 is 4.90 Å². The number of rotatable bonds is 3. The van der Waals surface area contributed by atoms with Gasteiger partial charge in [0.15, 0.2) is 0 Å². The SMILES string of the molecule is CC1CCCN(C2=C(c3cccs3)C(=O)N(c3cccc(Br)c3)C2=O)C1. The number of benzene rings is 1. The zero-order chi connectivity index (χ0) is 18.3. The highest BCUT2D eigenvalue weighted by atomic mass is 79.9. The third kappa shape index (κ3) is 3.01. The topological polar surface area (TPSA) is 40.6 Å². The van der Waals surface area contributed by atoms with Crippen molar-refractivity contribution in [2.24, 2.45) is 5.92 Å². The zero-order valence-electron chi connectivity index (χ0n) is 14.4. The number of piperidine rings is 1. The van der Waals surface area contributed by atoms with Gasteiger partial charge in [-0.3, -0.25) is 9.59 Å². The maximum absolute atomic E-state index is 13.3. The molecule has 1 atom stereocenters. The van der Waals surface area contributed by atoms with E-state index in [1.54, 1.807) is 6.07 Å². The molecule has 1 aromatic carbocycles. The van der Waals surface area contributed by atoms with Gasteiger partial charge in [-0.05, 0) is 48.4 Å². The summed E-state index contributed by atoms with van der Waals surface area (Å²) < 4.78 is 0.841. The molecule has 1 aromatic heterocycles. The van der Waals surface area contributed by atoms with E-state index in [9.17, 15) is 9.59 Å². The Labute approximate surface area is 165 Å². The number of carbonyl (C=O) groups is 2. The molecule has 0 spiro atoms. The molecule has 2 aromatic rings. The molecule has 1 unspecified atom stereocenters. The summed E-state index contributed by atoms with van der Waals surface area (Å²) in [5.74, 6) is 0.0676. The van der Waals surface area contributed by atoms with Gasteiger partial charge in [0, 0.05) is 22.4 Å². The van der Waals surface area contributed by atoms with Gasteiger partial charge in [0.2, 0.25) is 0 Å². The quantitative estimate of drug-likeness (QED) is 0.671. The van der Waals surface area contributed by atoms with Gasteiger partial charge in [-0.2, -0.15) is 0 Å². The number of thiophene rings is 1. The first-order valence-electron chi connectivity index (χ1n) is 8.73. The van der Waals surface area contributed by atoms with Crippen molar-refractivity contribution in [1.29, 1.82) is 0 Å². The van der Waals surface area contributed by atoms with Crippen molar-refractivity contribution in [3.8, 4) is 0 Å². The average molecular weight is 431 g/mol. The number of hydrogen-bond acceptors (Lipinski definition) is 4. The van der Waals surface area contributed by atoms with E-state index in [-0.39, 0.29) is 11.8 Å². The third-order valence-corrected chi connectivity index (χ3v) is 6.25. The lowest BCUT2D eigenvalue weighted by Crippen LogP contribution is -2.39. The smallest absolute Gasteiger partial charge is 0.282 e. The molecule has 26 heavy (non-hydrogen) atoms.